The number of ether oxygens (including phenoxy) is 2. The fraction of sp³-hybridized carbons (Fsp3) is 0.250. The minimum atomic E-state index is -1.03. The summed E-state index contributed by atoms with van der Waals surface area (Å²) >= 11 is 7.38. The molecule has 0 bridgehead atoms. The largest absolute Gasteiger partial charge is 0.462 e. The van der Waals surface area contributed by atoms with E-state index in [1.807, 2.05) is 0 Å². The number of aryl methyl sites for hydroxylation is 1. The Morgan fingerprint density at radius 2 is 1.64 bits per heavy atom. The first kappa shape index (κ1) is 28.0. The highest BCUT2D eigenvalue weighted by atomic mass is 35.5. The molecule has 2 aromatic carbocycles. The maximum Gasteiger partial charge on any atom is 0.345 e. The first-order valence-corrected chi connectivity index (χ1v) is 13.5. The van der Waals surface area contributed by atoms with Crippen LogP contribution in [0.4, 0.5) is 5.00 Å². The third-order valence-corrected chi connectivity index (χ3v) is 7.52. The Morgan fingerprint density at radius 3 is 2.38 bits per heavy atom. The van der Waals surface area contributed by atoms with Gasteiger partial charge in [-0.25, -0.2) is 15.0 Å². The van der Waals surface area contributed by atoms with Crippen LogP contribution < -0.4 is 15.5 Å². The lowest BCUT2D eigenvalue weighted by molar-refractivity contribution is -0.136. The number of benzene rings is 2. The molecule has 1 aromatic heterocycles. The number of hydrogen-bond donors (Lipinski definition) is 2. The van der Waals surface area contributed by atoms with Crippen molar-refractivity contribution in [2.45, 2.75) is 39.5 Å². The van der Waals surface area contributed by atoms with Gasteiger partial charge in [-0.05, 0) is 69.4 Å². The summed E-state index contributed by atoms with van der Waals surface area (Å²) in [7, 11) is 0. The van der Waals surface area contributed by atoms with Gasteiger partial charge in [0.2, 0.25) is 0 Å². The van der Waals surface area contributed by atoms with Gasteiger partial charge in [0.1, 0.15) is 10.8 Å². The fourth-order valence-electron chi connectivity index (χ4n) is 4.11. The molecule has 9 nitrogen and oxygen atoms in total. The number of hydrazone groups is 1. The van der Waals surface area contributed by atoms with E-state index < -0.39 is 23.8 Å². The standard InChI is InChI=1S/C28H26ClN3O6S/c1-3-37-28(36)23-19-12-6-9-15-22(19)39-26(23)30-24(33)25(34)32-31-16(2)17-10-5-8-14-21(17)38-27(35)18-11-4-7-13-20(18)29/h4-5,7-8,10-11,13-14H,3,6,9,12,15H2,1-2H3,(H,30,33)(H,32,34). The van der Waals surface area contributed by atoms with Gasteiger partial charge in [-0.2, -0.15) is 5.10 Å². The molecule has 202 valence electrons. The number of fused-ring (bicyclic) bond motifs is 1. The predicted octanol–water partition coefficient (Wildman–Crippen LogP) is 5.16. The van der Waals surface area contributed by atoms with Gasteiger partial charge in [-0.1, -0.05) is 35.9 Å². The van der Waals surface area contributed by atoms with E-state index >= 15 is 0 Å². The van der Waals surface area contributed by atoms with Crippen LogP contribution in [0.1, 0.15) is 63.4 Å². The van der Waals surface area contributed by atoms with E-state index in [0.717, 1.165) is 29.7 Å². The Morgan fingerprint density at radius 1 is 0.949 bits per heavy atom. The van der Waals surface area contributed by atoms with Crippen LogP contribution in [0.15, 0.2) is 53.6 Å². The van der Waals surface area contributed by atoms with Crippen molar-refractivity contribution in [2.75, 3.05) is 11.9 Å². The van der Waals surface area contributed by atoms with Crippen LogP contribution in [-0.4, -0.2) is 36.1 Å². The third kappa shape index (κ3) is 6.52. The number of para-hydroxylation sites is 1. The van der Waals surface area contributed by atoms with Crippen molar-refractivity contribution in [1.29, 1.82) is 0 Å². The van der Waals surface area contributed by atoms with Crippen molar-refractivity contribution in [2.24, 2.45) is 5.10 Å². The number of esters is 2. The molecule has 4 rings (SSSR count). The molecule has 0 unspecified atom stereocenters. The number of halogens is 1. The van der Waals surface area contributed by atoms with Crippen molar-refractivity contribution in [3.63, 3.8) is 0 Å². The molecule has 2 N–H and O–H groups in total. The normalized spacial score (nSPS) is 12.7. The monoisotopic (exact) mass is 567 g/mol. The first-order chi connectivity index (χ1) is 18.8. The molecule has 39 heavy (non-hydrogen) atoms. The zero-order valence-electron chi connectivity index (χ0n) is 21.3. The number of anilines is 1. The molecule has 0 spiro atoms. The Labute approximate surface area is 234 Å². The van der Waals surface area contributed by atoms with Crippen LogP contribution in [0.3, 0.4) is 0 Å². The van der Waals surface area contributed by atoms with Crippen molar-refractivity contribution in [1.82, 2.24) is 5.43 Å². The SMILES string of the molecule is CCOC(=O)c1c(NC(=O)C(=O)NN=C(C)c2ccccc2OC(=O)c2ccccc2Cl)sc2c1CCCC2. The van der Waals surface area contributed by atoms with Crippen LogP contribution in [-0.2, 0) is 27.2 Å². The number of amides is 2. The highest BCUT2D eigenvalue weighted by Gasteiger charge is 2.28. The van der Waals surface area contributed by atoms with Crippen LogP contribution in [0.5, 0.6) is 5.75 Å². The summed E-state index contributed by atoms with van der Waals surface area (Å²) in [6.45, 7) is 3.49. The van der Waals surface area contributed by atoms with Gasteiger partial charge in [0.15, 0.2) is 0 Å². The van der Waals surface area contributed by atoms with Gasteiger partial charge in [0.05, 0.1) is 28.5 Å². The molecule has 3 aromatic rings. The van der Waals surface area contributed by atoms with Gasteiger partial charge in [0, 0.05) is 10.4 Å². The van der Waals surface area contributed by atoms with Gasteiger partial charge >= 0.3 is 23.8 Å². The number of nitrogens with zero attached hydrogens (tertiary/aromatic N) is 1. The molecule has 0 aliphatic heterocycles. The predicted molar refractivity (Wildman–Crippen MR) is 149 cm³/mol. The second kappa shape index (κ2) is 12.7. The summed E-state index contributed by atoms with van der Waals surface area (Å²) in [6.07, 6.45) is 3.45. The Hall–Kier alpha value is -4.02. The highest BCUT2D eigenvalue weighted by molar-refractivity contribution is 7.17. The first-order valence-electron chi connectivity index (χ1n) is 12.3. The van der Waals surface area contributed by atoms with E-state index in [9.17, 15) is 19.2 Å². The van der Waals surface area contributed by atoms with E-state index in [2.05, 4.69) is 15.8 Å². The van der Waals surface area contributed by atoms with Crippen LogP contribution in [0, 0.1) is 0 Å². The lowest BCUT2D eigenvalue weighted by atomic mass is 9.95. The molecule has 0 atom stereocenters. The number of carbonyl (C=O) groups is 4. The Balaban J connectivity index is 1.47. The summed E-state index contributed by atoms with van der Waals surface area (Å²) in [5.41, 5.74) is 4.32. The number of hydrogen-bond acceptors (Lipinski definition) is 8. The smallest absolute Gasteiger partial charge is 0.345 e. The number of carbonyl (C=O) groups excluding carboxylic acids is 4. The fourth-order valence-corrected chi connectivity index (χ4v) is 5.60. The summed E-state index contributed by atoms with van der Waals surface area (Å²) in [5, 5.41) is 7.11. The third-order valence-electron chi connectivity index (χ3n) is 5.98. The van der Waals surface area contributed by atoms with Crippen LogP contribution >= 0.6 is 22.9 Å². The van der Waals surface area contributed by atoms with Gasteiger partial charge < -0.3 is 14.8 Å². The lowest BCUT2D eigenvalue weighted by Gasteiger charge is -2.12. The van der Waals surface area contributed by atoms with Crippen LogP contribution in [0.25, 0.3) is 0 Å². The second-order valence-corrected chi connectivity index (χ2v) is 10.1. The van der Waals surface area contributed by atoms with Gasteiger partial charge in [-0.3, -0.25) is 9.59 Å². The Bertz CT molecular complexity index is 1470. The molecule has 11 heteroatoms. The molecule has 1 aliphatic rings. The van der Waals surface area contributed by atoms with Gasteiger partial charge in [-0.15, -0.1) is 11.3 Å². The van der Waals surface area contributed by atoms with E-state index in [4.69, 9.17) is 21.1 Å². The molecule has 2 amide bonds. The topological polar surface area (TPSA) is 123 Å². The minimum absolute atomic E-state index is 0.195. The quantitative estimate of drug-likeness (QED) is 0.134. The maximum absolute atomic E-state index is 12.7. The maximum atomic E-state index is 12.7. The molecule has 0 saturated heterocycles. The number of thiophene rings is 1. The van der Waals surface area contributed by atoms with E-state index in [-0.39, 0.29) is 33.7 Å². The van der Waals surface area contributed by atoms with Crippen molar-refractivity contribution in [3.8, 4) is 5.75 Å². The molecule has 1 aliphatic carbocycles. The Kier molecular flexibility index (Phi) is 9.11. The molecule has 0 radical (unpaired) electrons. The zero-order chi connectivity index (χ0) is 27.9. The minimum Gasteiger partial charge on any atom is -0.462 e. The van der Waals surface area contributed by atoms with E-state index in [1.54, 1.807) is 62.4 Å². The summed E-state index contributed by atoms with van der Waals surface area (Å²) in [5.74, 6) is -2.98. The average molecular weight is 568 g/mol. The van der Waals surface area contributed by atoms with Crippen molar-refractivity contribution >= 4 is 57.4 Å². The molecular formula is C28H26ClN3O6S. The lowest BCUT2D eigenvalue weighted by Crippen LogP contribution is -2.33. The van der Waals surface area contributed by atoms with E-state index in [1.165, 1.54) is 11.3 Å². The summed E-state index contributed by atoms with van der Waals surface area (Å²) in [4.78, 5) is 51.5. The molecule has 1 heterocycles. The van der Waals surface area contributed by atoms with E-state index in [0.29, 0.717) is 17.5 Å². The number of rotatable bonds is 7. The van der Waals surface area contributed by atoms with Crippen molar-refractivity contribution in [3.05, 3.63) is 80.7 Å². The van der Waals surface area contributed by atoms with Crippen molar-refractivity contribution < 1.29 is 28.7 Å². The van der Waals surface area contributed by atoms with Gasteiger partial charge in [0.25, 0.3) is 0 Å². The summed E-state index contributed by atoms with van der Waals surface area (Å²) < 4.78 is 10.7. The molecule has 0 fully saturated rings. The molecule has 0 saturated carbocycles. The second-order valence-electron chi connectivity index (χ2n) is 8.59. The van der Waals surface area contributed by atoms with Crippen LogP contribution in [0.2, 0.25) is 5.02 Å². The highest BCUT2D eigenvalue weighted by Crippen LogP contribution is 2.38. The molecular weight excluding hydrogens is 542 g/mol. The zero-order valence-corrected chi connectivity index (χ0v) is 22.9. The number of nitrogens with one attached hydrogen (secondary N) is 2. The average Bonchev–Trinajstić information content (AvgIpc) is 3.30. The summed E-state index contributed by atoms with van der Waals surface area (Å²) in [6, 6.07) is 13.1.